The van der Waals surface area contributed by atoms with Crippen LogP contribution >= 0.6 is 11.6 Å². The van der Waals surface area contributed by atoms with Crippen LogP contribution in [-0.4, -0.2) is 12.5 Å². The Morgan fingerprint density at radius 3 is 2.81 bits per heavy atom. The average molecular weight is 304 g/mol. The molecule has 0 bridgehead atoms. The predicted molar refractivity (Wildman–Crippen MR) is 81.3 cm³/mol. The van der Waals surface area contributed by atoms with Gasteiger partial charge in [-0.1, -0.05) is 18.2 Å². The lowest BCUT2D eigenvalue weighted by molar-refractivity contribution is 0.0946. The van der Waals surface area contributed by atoms with E-state index in [2.05, 4.69) is 5.32 Å². The number of carbonyl (C=O) groups is 1. The van der Waals surface area contributed by atoms with E-state index in [0.29, 0.717) is 12.1 Å². The molecule has 0 spiro atoms. The van der Waals surface area contributed by atoms with E-state index in [9.17, 15) is 9.18 Å². The van der Waals surface area contributed by atoms with E-state index >= 15 is 0 Å². The van der Waals surface area contributed by atoms with E-state index in [0.717, 1.165) is 28.7 Å². The van der Waals surface area contributed by atoms with Gasteiger partial charge < -0.3 is 5.32 Å². The minimum absolute atomic E-state index is 0.0576. The van der Waals surface area contributed by atoms with Gasteiger partial charge in [-0.25, -0.2) is 4.39 Å². The summed E-state index contributed by atoms with van der Waals surface area (Å²) in [5.74, 6) is -0.331. The Morgan fingerprint density at radius 1 is 1.24 bits per heavy atom. The Kier molecular flexibility index (Phi) is 3.68. The molecular formula is C17H15ClFNO. The van der Waals surface area contributed by atoms with Crippen LogP contribution in [0.2, 0.25) is 0 Å². The third-order valence-corrected chi connectivity index (χ3v) is 4.34. The fourth-order valence-corrected chi connectivity index (χ4v) is 3.07. The second-order valence-electron chi connectivity index (χ2n) is 5.29. The summed E-state index contributed by atoms with van der Waals surface area (Å²) in [6, 6.07) is 10.3. The van der Waals surface area contributed by atoms with E-state index < -0.39 is 5.38 Å². The highest BCUT2D eigenvalue weighted by Crippen LogP contribution is 2.32. The van der Waals surface area contributed by atoms with E-state index in [1.54, 1.807) is 6.07 Å². The second-order valence-corrected chi connectivity index (χ2v) is 5.72. The van der Waals surface area contributed by atoms with Crippen molar-refractivity contribution < 1.29 is 9.18 Å². The molecule has 2 nitrogen and oxygen atoms in total. The number of amides is 1. The molecular weight excluding hydrogens is 289 g/mol. The van der Waals surface area contributed by atoms with Gasteiger partial charge in [-0.15, -0.1) is 11.6 Å². The number of alkyl halides is 1. The van der Waals surface area contributed by atoms with E-state index in [1.807, 2.05) is 25.1 Å². The van der Waals surface area contributed by atoms with Crippen molar-refractivity contribution in [2.45, 2.75) is 18.7 Å². The Bertz CT molecular complexity index is 714. The Balaban J connectivity index is 2.00. The summed E-state index contributed by atoms with van der Waals surface area (Å²) in [7, 11) is 0. The van der Waals surface area contributed by atoms with Crippen LogP contribution in [0.25, 0.3) is 0 Å². The normalized spacial score (nSPS) is 15.3. The molecule has 1 amide bonds. The molecule has 0 saturated carbocycles. The largest absolute Gasteiger partial charge is 0.352 e. The summed E-state index contributed by atoms with van der Waals surface area (Å²) in [6.45, 7) is 2.51. The Labute approximate surface area is 127 Å². The van der Waals surface area contributed by atoms with Crippen molar-refractivity contribution in [3.63, 3.8) is 0 Å². The van der Waals surface area contributed by atoms with Crippen LogP contribution in [-0.2, 0) is 6.42 Å². The molecule has 1 heterocycles. The fourth-order valence-electron chi connectivity index (χ4n) is 2.69. The van der Waals surface area contributed by atoms with Gasteiger partial charge >= 0.3 is 0 Å². The maximum atomic E-state index is 13.2. The molecule has 0 radical (unpaired) electrons. The monoisotopic (exact) mass is 303 g/mol. The van der Waals surface area contributed by atoms with Crippen molar-refractivity contribution in [3.8, 4) is 0 Å². The molecule has 108 valence electrons. The Hall–Kier alpha value is -1.87. The molecule has 3 rings (SSSR count). The molecule has 1 unspecified atom stereocenters. The first kappa shape index (κ1) is 14.1. The van der Waals surface area contributed by atoms with Gasteiger partial charge in [0.05, 0.1) is 5.38 Å². The highest BCUT2D eigenvalue weighted by atomic mass is 35.5. The van der Waals surface area contributed by atoms with Crippen molar-refractivity contribution in [1.29, 1.82) is 0 Å². The summed E-state index contributed by atoms with van der Waals surface area (Å²) in [6.07, 6.45) is 0.837. The van der Waals surface area contributed by atoms with Crippen LogP contribution in [0.3, 0.4) is 0 Å². The van der Waals surface area contributed by atoms with E-state index in [4.69, 9.17) is 11.6 Å². The van der Waals surface area contributed by atoms with Gasteiger partial charge in [-0.05, 0) is 53.8 Å². The number of rotatable bonds is 2. The number of fused-ring (bicyclic) bond motifs is 1. The van der Waals surface area contributed by atoms with Gasteiger partial charge in [-0.3, -0.25) is 4.79 Å². The first-order valence-electron chi connectivity index (χ1n) is 6.87. The van der Waals surface area contributed by atoms with Gasteiger partial charge in [-0.2, -0.15) is 0 Å². The molecule has 0 fully saturated rings. The van der Waals surface area contributed by atoms with Crippen LogP contribution in [0.1, 0.15) is 38.0 Å². The topological polar surface area (TPSA) is 29.1 Å². The predicted octanol–water partition coefficient (Wildman–Crippen LogP) is 3.75. The maximum absolute atomic E-state index is 13.2. The van der Waals surface area contributed by atoms with E-state index in [-0.39, 0.29) is 11.7 Å². The van der Waals surface area contributed by atoms with Crippen molar-refractivity contribution in [3.05, 3.63) is 70.0 Å². The summed E-state index contributed by atoms with van der Waals surface area (Å²) in [5, 5.41) is 2.43. The molecule has 0 aromatic heterocycles. The zero-order valence-electron chi connectivity index (χ0n) is 11.6. The zero-order chi connectivity index (χ0) is 15.0. The molecule has 2 aromatic carbocycles. The summed E-state index contributed by atoms with van der Waals surface area (Å²) < 4.78 is 13.2. The van der Waals surface area contributed by atoms with Crippen molar-refractivity contribution in [2.75, 3.05) is 6.54 Å². The average Bonchev–Trinajstić information content (AvgIpc) is 2.47. The van der Waals surface area contributed by atoms with Crippen LogP contribution in [0.5, 0.6) is 0 Å². The highest BCUT2D eigenvalue weighted by molar-refractivity contribution is 6.22. The quantitative estimate of drug-likeness (QED) is 0.841. The van der Waals surface area contributed by atoms with Gasteiger partial charge in [0.25, 0.3) is 5.91 Å². The van der Waals surface area contributed by atoms with Crippen LogP contribution in [0.4, 0.5) is 4.39 Å². The maximum Gasteiger partial charge on any atom is 0.251 e. The lowest BCUT2D eigenvalue weighted by atomic mass is 9.94. The molecule has 0 aliphatic carbocycles. The van der Waals surface area contributed by atoms with Crippen LogP contribution in [0.15, 0.2) is 36.4 Å². The lowest BCUT2D eigenvalue weighted by Crippen LogP contribution is -2.31. The fraction of sp³-hybridized carbons (Fsp3) is 0.235. The van der Waals surface area contributed by atoms with Gasteiger partial charge in [0.2, 0.25) is 0 Å². The summed E-state index contributed by atoms with van der Waals surface area (Å²) in [5.41, 5.74) is 4.24. The number of hydrogen-bond acceptors (Lipinski definition) is 1. The SMILES string of the molecule is Cc1cc(F)ccc1C(Cl)c1ccc2c(c1)C(=O)NCC2. The number of benzene rings is 2. The van der Waals surface area contributed by atoms with Gasteiger partial charge in [0, 0.05) is 12.1 Å². The number of nitrogens with one attached hydrogen (secondary N) is 1. The lowest BCUT2D eigenvalue weighted by Gasteiger charge is -2.19. The minimum Gasteiger partial charge on any atom is -0.352 e. The highest BCUT2D eigenvalue weighted by Gasteiger charge is 2.20. The first-order valence-corrected chi connectivity index (χ1v) is 7.31. The van der Waals surface area contributed by atoms with Crippen LogP contribution in [0, 0.1) is 12.7 Å². The molecule has 1 aliphatic rings. The number of halogens is 2. The van der Waals surface area contributed by atoms with Crippen LogP contribution < -0.4 is 5.32 Å². The summed E-state index contributed by atoms with van der Waals surface area (Å²) >= 11 is 6.53. The zero-order valence-corrected chi connectivity index (χ0v) is 12.4. The van der Waals surface area contributed by atoms with Crippen molar-refractivity contribution >= 4 is 17.5 Å². The van der Waals surface area contributed by atoms with Crippen molar-refractivity contribution in [1.82, 2.24) is 5.32 Å². The molecule has 1 atom stereocenters. The smallest absolute Gasteiger partial charge is 0.251 e. The number of aryl methyl sites for hydroxylation is 1. The molecule has 2 aromatic rings. The number of carbonyl (C=O) groups excluding carboxylic acids is 1. The second kappa shape index (κ2) is 5.49. The Morgan fingerprint density at radius 2 is 2.05 bits per heavy atom. The van der Waals surface area contributed by atoms with Crippen molar-refractivity contribution in [2.24, 2.45) is 0 Å². The molecule has 4 heteroatoms. The molecule has 1 aliphatic heterocycles. The van der Waals surface area contributed by atoms with E-state index in [1.165, 1.54) is 12.1 Å². The first-order chi connectivity index (χ1) is 10.1. The van der Waals surface area contributed by atoms with Gasteiger partial charge in [0.15, 0.2) is 0 Å². The molecule has 1 N–H and O–H groups in total. The summed E-state index contributed by atoms with van der Waals surface area (Å²) in [4.78, 5) is 11.9. The number of hydrogen-bond donors (Lipinski definition) is 1. The third kappa shape index (κ3) is 2.66. The van der Waals surface area contributed by atoms with Gasteiger partial charge in [0.1, 0.15) is 5.82 Å². The standard InChI is InChI=1S/C17H15ClFNO/c1-10-8-13(19)4-5-14(10)16(18)12-3-2-11-6-7-20-17(21)15(11)9-12/h2-5,8-9,16H,6-7H2,1H3,(H,20,21). The molecule has 21 heavy (non-hydrogen) atoms. The minimum atomic E-state index is -0.398. The molecule has 0 saturated heterocycles. The third-order valence-electron chi connectivity index (χ3n) is 3.86.